The van der Waals surface area contributed by atoms with Gasteiger partial charge >= 0.3 is 6.09 Å². The number of para-hydroxylation sites is 1. The molecule has 0 aromatic heterocycles. The Labute approximate surface area is 118 Å². The lowest BCUT2D eigenvalue weighted by Gasteiger charge is -2.29. The molecule has 2 aliphatic rings. The summed E-state index contributed by atoms with van der Waals surface area (Å²) < 4.78 is 11.3. The maximum atomic E-state index is 11.9. The maximum Gasteiger partial charge on any atom is 0.412 e. The lowest BCUT2D eigenvalue weighted by molar-refractivity contribution is 0.0634. The molecule has 5 nitrogen and oxygen atoms in total. The van der Waals surface area contributed by atoms with Gasteiger partial charge in [0.1, 0.15) is 11.2 Å². The fourth-order valence-corrected chi connectivity index (χ4v) is 2.23. The number of hydrogen-bond acceptors (Lipinski definition) is 4. The number of amides is 1. The van der Waals surface area contributed by atoms with Gasteiger partial charge in [-0.1, -0.05) is 6.07 Å². The molecule has 1 spiro atoms. The molecule has 1 aromatic carbocycles. The number of carbonyl (C=O) groups is 1. The standard InChI is InChI=1S/C15H20N2O3/c1-14(2,3)20-13(18)17-11-6-4-5-10-12(11)19-15(7-8-15)9-16-10/h4-6,16H,7-9H2,1-3H3,(H,17,18). The lowest BCUT2D eigenvalue weighted by atomic mass is 10.2. The molecule has 1 aromatic rings. The first-order valence-corrected chi connectivity index (χ1v) is 6.93. The van der Waals surface area contributed by atoms with Crippen LogP contribution in [0.1, 0.15) is 33.6 Å². The summed E-state index contributed by atoms with van der Waals surface area (Å²) >= 11 is 0. The van der Waals surface area contributed by atoms with Gasteiger partial charge in [-0.05, 0) is 45.7 Å². The smallest absolute Gasteiger partial charge is 0.412 e. The average molecular weight is 276 g/mol. The van der Waals surface area contributed by atoms with E-state index in [1.807, 2.05) is 39.0 Å². The zero-order valence-electron chi connectivity index (χ0n) is 12.1. The monoisotopic (exact) mass is 276 g/mol. The van der Waals surface area contributed by atoms with Crippen molar-refractivity contribution in [1.29, 1.82) is 0 Å². The number of anilines is 2. The second-order valence-electron chi connectivity index (χ2n) is 6.45. The van der Waals surface area contributed by atoms with Crippen LogP contribution in [0.5, 0.6) is 5.75 Å². The molecule has 0 saturated heterocycles. The third kappa shape index (κ3) is 2.66. The van der Waals surface area contributed by atoms with E-state index in [4.69, 9.17) is 9.47 Å². The molecule has 1 saturated carbocycles. The zero-order chi connectivity index (χ0) is 14.4. The number of carbonyl (C=O) groups excluding carboxylic acids is 1. The third-order valence-corrected chi connectivity index (χ3v) is 3.38. The van der Waals surface area contributed by atoms with Gasteiger partial charge in [0.2, 0.25) is 0 Å². The first kappa shape index (κ1) is 13.1. The molecule has 2 N–H and O–H groups in total. The summed E-state index contributed by atoms with van der Waals surface area (Å²) in [6, 6.07) is 5.66. The zero-order valence-corrected chi connectivity index (χ0v) is 12.1. The molecule has 0 unspecified atom stereocenters. The SMILES string of the molecule is CC(C)(C)OC(=O)Nc1cccc2c1OC1(CC1)CN2. The molecule has 20 heavy (non-hydrogen) atoms. The molecule has 1 amide bonds. The van der Waals surface area contributed by atoms with Gasteiger partial charge in [0, 0.05) is 0 Å². The summed E-state index contributed by atoms with van der Waals surface area (Å²) in [6.07, 6.45) is 1.64. The van der Waals surface area contributed by atoms with Crippen LogP contribution >= 0.6 is 0 Å². The Morgan fingerprint density at radius 3 is 2.80 bits per heavy atom. The molecule has 1 aliphatic carbocycles. The van der Waals surface area contributed by atoms with Gasteiger partial charge in [-0.2, -0.15) is 0 Å². The second-order valence-corrected chi connectivity index (χ2v) is 6.45. The highest BCUT2D eigenvalue weighted by Crippen LogP contribution is 2.48. The minimum atomic E-state index is -0.518. The number of fused-ring (bicyclic) bond motifs is 1. The van der Waals surface area contributed by atoms with Crippen LogP contribution in [0.25, 0.3) is 0 Å². The van der Waals surface area contributed by atoms with E-state index >= 15 is 0 Å². The van der Waals surface area contributed by atoms with Crippen molar-refractivity contribution < 1.29 is 14.3 Å². The molecule has 1 heterocycles. The van der Waals surface area contributed by atoms with Crippen molar-refractivity contribution in [3.05, 3.63) is 18.2 Å². The number of benzene rings is 1. The Balaban J connectivity index is 1.79. The fourth-order valence-electron chi connectivity index (χ4n) is 2.23. The molecule has 1 fully saturated rings. The van der Waals surface area contributed by atoms with Gasteiger partial charge in [-0.15, -0.1) is 0 Å². The summed E-state index contributed by atoms with van der Waals surface area (Å²) in [5.41, 5.74) is 0.973. The van der Waals surface area contributed by atoms with E-state index in [1.54, 1.807) is 0 Å². The quantitative estimate of drug-likeness (QED) is 0.825. The van der Waals surface area contributed by atoms with Gasteiger partial charge in [0.25, 0.3) is 0 Å². The van der Waals surface area contributed by atoms with E-state index in [0.29, 0.717) is 11.4 Å². The minimum absolute atomic E-state index is 0.0707. The van der Waals surface area contributed by atoms with E-state index in [2.05, 4.69) is 10.6 Å². The van der Waals surface area contributed by atoms with E-state index in [1.165, 1.54) is 0 Å². The van der Waals surface area contributed by atoms with Crippen molar-refractivity contribution in [2.45, 2.75) is 44.8 Å². The van der Waals surface area contributed by atoms with Crippen LogP contribution in [0, 0.1) is 0 Å². The Morgan fingerprint density at radius 2 is 2.15 bits per heavy atom. The second kappa shape index (κ2) is 4.30. The molecule has 5 heteroatoms. The molecule has 0 radical (unpaired) electrons. The summed E-state index contributed by atoms with van der Waals surface area (Å²) in [4.78, 5) is 11.9. The van der Waals surface area contributed by atoms with E-state index in [-0.39, 0.29) is 5.60 Å². The van der Waals surface area contributed by atoms with Crippen molar-refractivity contribution in [3.63, 3.8) is 0 Å². The maximum absolute atomic E-state index is 11.9. The van der Waals surface area contributed by atoms with Crippen molar-refractivity contribution in [3.8, 4) is 5.75 Å². The normalized spacial score (nSPS) is 18.6. The van der Waals surface area contributed by atoms with E-state index in [9.17, 15) is 4.79 Å². The number of rotatable bonds is 1. The highest BCUT2D eigenvalue weighted by atomic mass is 16.6. The van der Waals surface area contributed by atoms with Crippen LogP contribution in [0.4, 0.5) is 16.2 Å². The Hall–Kier alpha value is -1.91. The van der Waals surface area contributed by atoms with Gasteiger partial charge < -0.3 is 14.8 Å². The summed E-state index contributed by atoms with van der Waals surface area (Å²) in [5, 5.41) is 6.13. The topological polar surface area (TPSA) is 59.6 Å². The highest BCUT2D eigenvalue weighted by Gasteiger charge is 2.48. The average Bonchev–Trinajstić information content (AvgIpc) is 3.07. The minimum Gasteiger partial charge on any atom is -0.481 e. The van der Waals surface area contributed by atoms with E-state index < -0.39 is 11.7 Å². The summed E-state index contributed by atoms with van der Waals surface area (Å²) in [6.45, 7) is 6.34. The largest absolute Gasteiger partial charge is 0.481 e. The molecule has 3 rings (SSSR count). The fraction of sp³-hybridized carbons (Fsp3) is 0.533. The third-order valence-electron chi connectivity index (χ3n) is 3.38. The molecular formula is C15H20N2O3. The molecule has 0 atom stereocenters. The van der Waals surface area contributed by atoms with Crippen molar-refractivity contribution >= 4 is 17.5 Å². The van der Waals surface area contributed by atoms with Crippen LogP contribution in [0.3, 0.4) is 0 Å². The van der Waals surface area contributed by atoms with E-state index in [0.717, 1.165) is 25.1 Å². The molecule has 1 aliphatic heterocycles. The predicted molar refractivity (Wildman–Crippen MR) is 77.4 cm³/mol. The Kier molecular flexibility index (Phi) is 2.81. The molecule has 108 valence electrons. The first-order chi connectivity index (χ1) is 9.37. The number of hydrogen-bond donors (Lipinski definition) is 2. The van der Waals surface area contributed by atoms with Gasteiger partial charge in [0.05, 0.1) is 17.9 Å². The predicted octanol–water partition coefficient (Wildman–Crippen LogP) is 3.37. The van der Waals surface area contributed by atoms with Crippen LogP contribution in [-0.2, 0) is 4.74 Å². The van der Waals surface area contributed by atoms with Crippen molar-refractivity contribution in [1.82, 2.24) is 0 Å². The lowest BCUT2D eigenvalue weighted by Crippen LogP contribution is -2.33. The van der Waals surface area contributed by atoms with Crippen LogP contribution < -0.4 is 15.4 Å². The van der Waals surface area contributed by atoms with Crippen molar-refractivity contribution in [2.24, 2.45) is 0 Å². The van der Waals surface area contributed by atoms with Gasteiger partial charge in [-0.3, -0.25) is 5.32 Å². The Bertz CT molecular complexity index is 545. The highest BCUT2D eigenvalue weighted by molar-refractivity contribution is 5.89. The van der Waals surface area contributed by atoms with Crippen LogP contribution in [-0.4, -0.2) is 23.8 Å². The first-order valence-electron chi connectivity index (χ1n) is 6.93. The summed E-state index contributed by atoms with van der Waals surface area (Å²) in [7, 11) is 0. The van der Waals surface area contributed by atoms with Gasteiger partial charge in [0.15, 0.2) is 5.75 Å². The number of nitrogens with one attached hydrogen (secondary N) is 2. The number of ether oxygens (including phenoxy) is 2. The van der Waals surface area contributed by atoms with Crippen LogP contribution in [0.2, 0.25) is 0 Å². The molecular weight excluding hydrogens is 256 g/mol. The van der Waals surface area contributed by atoms with Crippen molar-refractivity contribution in [2.75, 3.05) is 17.2 Å². The van der Waals surface area contributed by atoms with Gasteiger partial charge in [-0.25, -0.2) is 4.79 Å². The summed E-state index contributed by atoms with van der Waals surface area (Å²) in [5.74, 6) is 0.710. The molecule has 0 bridgehead atoms. The Morgan fingerprint density at radius 1 is 1.40 bits per heavy atom. The van der Waals surface area contributed by atoms with Crippen LogP contribution in [0.15, 0.2) is 18.2 Å².